The fourth-order valence-corrected chi connectivity index (χ4v) is 2.34. The van der Waals surface area contributed by atoms with Crippen LogP contribution in [-0.2, 0) is 19.9 Å². The lowest BCUT2D eigenvalue weighted by molar-refractivity contribution is 0.319. The second kappa shape index (κ2) is 5.67. The quantitative estimate of drug-likeness (QED) is 0.820. The molecule has 1 aliphatic carbocycles. The smallest absolute Gasteiger partial charge is 0.0624 e. The van der Waals surface area contributed by atoms with Crippen molar-refractivity contribution in [1.29, 1.82) is 0 Å². The standard InChI is InChI=1S/C14H25N3/c1-4-12-9-14(17(3)16-12)8-11(2)10-15-13-6-5-7-13/h9,11,13,15H,4-8,10H2,1-3H3. The van der Waals surface area contributed by atoms with Gasteiger partial charge in [-0.2, -0.15) is 5.10 Å². The number of aryl methyl sites for hydroxylation is 2. The lowest BCUT2D eigenvalue weighted by Gasteiger charge is -2.28. The molecule has 2 rings (SSSR count). The number of nitrogens with one attached hydrogen (secondary N) is 1. The maximum atomic E-state index is 4.50. The molecule has 1 saturated carbocycles. The van der Waals surface area contributed by atoms with Crippen molar-refractivity contribution >= 4 is 0 Å². The van der Waals surface area contributed by atoms with Crippen molar-refractivity contribution in [3.8, 4) is 0 Å². The molecule has 3 nitrogen and oxygen atoms in total. The van der Waals surface area contributed by atoms with Crippen molar-refractivity contribution in [2.45, 2.75) is 52.0 Å². The van der Waals surface area contributed by atoms with Gasteiger partial charge in [-0.25, -0.2) is 0 Å². The molecule has 1 fully saturated rings. The van der Waals surface area contributed by atoms with E-state index in [1.165, 1.54) is 30.7 Å². The molecule has 0 aromatic carbocycles. The van der Waals surface area contributed by atoms with E-state index in [-0.39, 0.29) is 0 Å². The largest absolute Gasteiger partial charge is 0.314 e. The summed E-state index contributed by atoms with van der Waals surface area (Å²) in [4.78, 5) is 0. The average molecular weight is 235 g/mol. The van der Waals surface area contributed by atoms with Gasteiger partial charge >= 0.3 is 0 Å². The van der Waals surface area contributed by atoms with Gasteiger partial charge < -0.3 is 5.32 Å². The van der Waals surface area contributed by atoms with Crippen LogP contribution < -0.4 is 5.32 Å². The summed E-state index contributed by atoms with van der Waals surface area (Å²) in [5.74, 6) is 0.690. The molecule has 1 aromatic rings. The Morgan fingerprint density at radius 3 is 2.82 bits per heavy atom. The summed E-state index contributed by atoms with van der Waals surface area (Å²) in [5.41, 5.74) is 2.58. The van der Waals surface area contributed by atoms with Crippen LogP contribution in [0.3, 0.4) is 0 Å². The molecule has 1 unspecified atom stereocenters. The highest BCUT2D eigenvalue weighted by Crippen LogP contribution is 2.18. The highest BCUT2D eigenvalue weighted by Gasteiger charge is 2.17. The summed E-state index contributed by atoms with van der Waals surface area (Å²) < 4.78 is 2.04. The SMILES string of the molecule is CCc1cc(CC(C)CNC2CCC2)n(C)n1. The van der Waals surface area contributed by atoms with Crippen molar-refractivity contribution in [2.75, 3.05) is 6.54 Å². The van der Waals surface area contributed by atoms with Crippen LogP contribution in [0.5, 0.6) is 0 Å². The van der Waals surface area contributed by atoms with E-state index in [1.54, 1.807) is 0 Å². The highest BCUT2D eigenvalue weighted by molar-refractivity contribution is 5.10. The second-order valence-corrected chi connectivity index (χ2v) is 5.45. The first-order chi connectivity index (χ1) is 8.19. The zero-order chi connectivity index (χ0) is 12.3. The first-order valence-corrected chi connectivity index (χ1v) is 6.94. The molecule has 1 aliphatic rings. The number of rotatable bonds is 6. The van der Waals surface area contributed by atoms with Gasteiger partial charge in [0.05, 0.1) is 5.69 Å². The zero-order valence-electron chi connectivity index (χ0n) is 11.4. The van der Waals surface area contributed by atoms with Crippen molar-refractivity contribution in [2.24, 2.45) is 13.0 Å². The van der Waals surface area contributed by atoms with E-state index in [2.05, 4.69) is 37.4 Å². The fraction of sp³-hybridized carbons (Fsp3) is 0.786. The summed E-state index contributed by atoms with van der Waals surface area (Å²) in [6.45, 7) is 5.62. The van der Waals surface area contributed by atoms with Gasteiger partial charge in [-0.1, -0.05) is 20.3 Å². The molecule has 0 aliphatic heterocycles. The molecular formula is C14H25N3. The molecule has 0 amide bonds. The minimum absolute atomic E-state index is 0.690. The lowest BCUT2D eigenvalue weighted by atomic mass is 9.92. The van der Waals surface area contributed by atoms with Crippen molar-refractivity contribution < 1.29 is 0 Å². The van der Waals surface area contributed by atoms with Gasteiger partial charge in [0, 0.05) is 18.8 Å². The summed E-state index contributed by atoms with van der Waals surface area (Å²) in [6, 6.07) is 3.05. The van der Waals surface area contributed by atoms with Crippen LogP contribution in [-0.4, -0.2) is 22.4 Å². The molecular weight excluding hydrogens is 210 g/mol. The van der Waals surface area contributed by atoms with E-state index < -0.39 is 0 Å². The predicted molar refractivity (Wildman–Crippen MR) is 71.1 cm³/mol. The maximum Gasteiger partial charge on any atom is 0.0624 e. The Morgan fingerprint density at radius 2 is 2.29 bits per heavy atom. The monoisotopic (exact) mass is 235 g/mol. The van der Waals surface area contributed by atoms with Gasteiger partial charge in [0.1, 0.15) is 0 Å². The van der Waals surface area contributed by atoms with E-state index in [4.69, 9.17) is 0 Å². The van der Waals surface area contributed by atoms with Crippen LogP contribution in [0.1, 0.15) is 44.5 Å². The normalized spacial score (nSPS) is 18.1. The Morgan fingerprint density at radius 1 is 1.53 bits per heavy atom. The third-order valence-electron chi connectivity index (χ3n) is 3.81. The van der Waals surface area contributed by atoms with Crippen LogP contribution in [0.25, 0.3) is 0 Å². The molecule has 0 bridgehead atoms. The van der Waals surface area contributed by atoms with Crippen molar-refractivity contribution in [3.63, 3.8) is 0 Å². The van der Waals surface area contributed by atoms with Gasteiger partial charge in [-0.15, -0.1) is 0 Å². The van der Waals surface area contributed by atoms with Gasteiger partial charge in [-0.3, -0.25) is 4.68 Å². The first-order valence-electron chi connectivity index (χ1n) is 6.94. The number of nitrogens with zero attached hydrogens (tertiary/aromatic N) is 2. The number of hydrogen-bond donors (Lipinski definition) is 1. The molecule has 96 valence electrons. The zero-order valence-corrected chi connectivity index (χ0v) is 11.4. The fourth-order valence-electron chi connectivity index (χ4n) is 2.34. The number of aromatic nitrogens is 2. The number of hydrogen-bond acceptors (Lipinski definition) is 2. The third-order valence-corrected chi connectivity index (χ3v) is 3.81. The van der Waals surface area contributed by atoms with Crippen molar-refractivity contribution in [3.05, 3.63) is 17.5 Å². The van der Waals surface area contributed by atoms with E-state index in [1.807, 2.05) is 4.68 Å². The highest BCUT2D eigenvalue weighted by atomic mass is 15.3. The Kier molecular flexibility index (Phi) is 4.21. The Labute approximate surface area is 105 Å². The van der Waals surface area contributed by atoms with Gasteiger partial charge in [-0.05, 0) is 44.2 Å². The van der Waals surface area contributed by atoms with Crippen LogP contribution in [0.4, 0.5) is 0 Å². The molecule has 0 spiro atoms. The minimum atomic E-state index is 0.690. The van der Waals surface area contributed by atoms with E-state index in [0.717, 1.165) is 25.4 Å². The third kappa shape index (κ3) is 3.32. The Hall–Kier alpha value is -0.830. The summed E-state index contributed by atoms with van der Waals surface area (Å²) in [5, 5.41) is 8.15. The van der Waals surface area contributed by atoms with Crippen LogP contribution in [0, 0.1) is 5.92 Å². The van der Waals surface area contributed by atoms with Gasteiger partial charge in [0.2, 0.25) is 0 Å². The van der Waals surface area contributed by atoms with Gasteiger partial charge in [0.15, 0.2) is 0 Å². The summed E-state index contributed by atoms with van der Waals surface area (Å²) >= 11 is 0. The first kappa shape index (κ1) is 12.6. The Balaban J connectivity index is 1.79. The maximum absolute atomic E-state index is 4.50. The average Bonchev–Trinajstić information content (AvgIpc) is 2.57. The molecule has 0 saturated heterocycles. The van der Waals surface area contributed by atoms with Crippen molar-refractivity contribution in [1.82, 2.24) is 15.1 Å². The molecule has 17 heavy (non-hydrogen) atoms. The Bertz CT molecular complexity index is 352. The molecule has 1 N–H and O–H groups in total. The topological polar surface area (TPSA) is 29.9 Å². The van der Waals surface area contributed by atoms with E-state index in [0.29, 0.717) is 5.92 Å². The van der Waals surface area contributed by atoms with Crippen LogP contribution in [0.2, 0.25) is 0 Å². The molecule has 1 aromatic heterocycles. The summed E-state index contributed by atoms with van der Waals surface area (Å²) in [6.07, 6.45) is 6.32. The molecule has 3 heteroatoms. The molecule has 1 atom stereocenters. The van der Waals surface area contributed by atoms with E-state index >= 15 is 0 Å². The van der Waals surface area contributed by atoms with Crippen LogP contribution in [0.15, 0.2) is 6.07 Å². The van der Waals surface area contributed by atoms with Gasteiger partial charge in [0.25, 0.3) is 0 Å². The minimum Gasteiger partial charge on any atom is -0.314 e. The van der Waals surface area contributed by atoms with E-state index in [9.17, 15) is 0 Å². The molecule has 1 heterocycles. The molecule has 0 radical (unpaired) electrons. The van der Waals surface area contributed by atoms with Crippen LogP contribution >= 0.6 is 0 Å². The predicted octanol–water partition coefficient (Wildman–Crippen LogP) is 2.30. The summed E-state index contributed by atoms with van der Waals surface area (Å²) in [7, 11) is 2.06. The lowest BCUT2D eigenvalue weighted by Crippen LogP contribution is -2.38. The second-order valence-electron chi connectivity index (χ2n) is 5.45.